The van der Waals surface area contributed by atoms with Crippen LogP contribution < -0.4 is 10.6 Å². The Bertz CT molecular complexity index is 2020. The van der Waals surface area contributed by atoms with Crippen molar-refractivity contribution < 1.29 is 45.5 Å². The van der Waals surface area contributed by atoms with Crippen molar-refractivity contribution in [3.63, 3.8) is 0 Å². The largest absolute Gasteiger partial charge is 0.433 e. The van der Waals surface area contributed by atoms with Crippen molar-refractivity contribution in [2.24, 2.45) is 0 Å². The minimum atomic E-state index is -4.64. The van der Waals surface area contributed by atoms with Crippen molar-refractivity contribution in [2.75, 3.05) is 23.7 Å². The Morgan fingerprint density at radius 2 is 0.946 bits per heavy atom. The molecule has 4 aromatic rings. The van der Waals surface area contributed by atoms with Gasteiger partial charge in [-0.2, -0.15) is 26.3 Å². The highest BCUT2D eigenvalue weighted by molar-refractivity contribution is 6.03. The zero-order valence-electron chi connectivity index (χ0n) is 30.2. The molecule has 4 amide bonds. The maximum atomic E-state index is 13.2. The third kappa shape index (κ3) is 8.90. The zero-order valence-corrected chi connectivity index (χ0v) is 30.2. The fraction of sp³-hybridized carbons (Fsp3) is 0.300. The Labute approximate surface area is 317 Å². The highest BCUT2D eigenvalue weighted by Crippen LogP contribution is 2.31. The molecule has 6 rings (SSSR count). The number of pyridine rings is 2. The molecule has 2 fully saturated rings. The average molecular weight is 779 g/mol. The third-order valence-electron chi connectivity index (χ3n) is 9.67. The van der Waals surface area contributed by atoms with Gasteiger partial charge in [-0.05, 0) is 99.2 Å². The first kappa shape index (κ1) is 39.6. The number of carbonyl (C=O) groups is 4. The first-order chi connectivity index (χ1) is 26.5. The lowest BCUT2D eigenvalue weighted by Gasteiger charge is -2.24. The van der Waals surface area contributed by atoms with Crippen molar-refractivity contribution in [1.82, 2.24) is 19.8 Å². The molecular formula is C40H36F6N6O4. The van der Waals surface area contributed by atoms with E-state index >= 15 is 0 Å². The molecule has 16 heteroatoms. The number of halogens is 6. The van der Waals surface area contributed by atoms with Gasteiger partial charge < -0.3 is 20.4 Å². The fourth-order valence-corrected chi connectivity index (χ4v) is 6.76. The Hall–Kier alpha value is -6.06. The van der Waals surface area contributed by atoms with Crippen LogP contribution in [0, 0.1) is 13.8 Å². The molecule has 0 aliphatic carbocycles. The Morgan fingerprint density at radius 3 is 1.27 bits per heavy atom. The van der Waals surface area contributed by atoms with Crippen LogP contribution in [0.1, 0.15) is 80.3 Å². The van der Waals surface area contributed by atoms with E-state index in [1.54, 1.807) is 48.5 Å². The summed E-state index contributed by atoms with van der Waals surface area (Å²) in [5.41, 5.74) is 0.296. The van der Waals surface area contributed by atoms with Crippen LogP contribution in [0.25, 0.3) is 12.2 Å². The third-order valence-corrected chi connectivity index (χ3v) is 9.67. The normalized spacial score (nSPS) is 17.4. The summed E-state index contributed by atoms with van der Waals surface area (Å²) >= 11 is 0. The fourth-order valence-electron chi connectivity index (χ4n) is 6.76. The monoisotopic (exact) mass is 778 g/mol. The lowest BCUT2D eigenvalue weighted by molar-refractivity contribution is -0.142. The summed E-state index contributed by atoms with van der Waals surface area (Å²) in [5, 5.41) is 5.63. The molecule has 10 nitrogen and oxygen atoms in total. The van der Waals surface area contributed by atoms with E-state index in [9.17, 15) is 45.5 Å². The van der Waals surface area contributed by atoms with Gasteiger partial charge in [0.25, 0.3) is 11.8 Å². The molecule has 2 aliphatic rings. The predicted molar refractivity (Wildman–Crippen MR) is 195 cm³/mol. The second-order valence-electron chi connectivity index (χ2n) is 13.5. The predicted octanol–water partition coefficient (Wildman–Crippen LogP) is 7.79. The quantitative estimate of drug-likeness (QED) is 0.139. The molecular weight excluding hydrogens is 742 g/mol. The summed E-state index contributed by atoms with van der Waals surface area (Å²) < 4.78 is 78.3. The van der Waals surface area contributed by atoms with Crippen molar-refractivity contribution in [3.05, 3.63) is 118 Å². The summed E-state index contributed by atoms with van der Waals surface area (Å²) in [4.78, 5) is 62.6. The number of carbonyl (C=O) groups excluding carboxylic acids is 4. The van der Waals surface area contributed by atoms with Crippen molar-refractivity contribution >= 4 is 47.2 Å². The van der Waals surface area contributed by atoms with Crippen LogP contribution >= 0.6 is 0 Å². The number of aromatic nitrogens is 2. The minimum Gasteiger partial charge on any atom is -0.327 e. The van der Waals surface area contributed by atoms with Crippen LogP contribution in [-0.4, -0.2) is 68.6 Å². The van der Waals surface area contributed by atoms with Crippen LogP contribution in [0.5, 0.6) is 0 Å². The Balaban J connectivity index is 1.02. The van der Waals surface area contributed by atoms with E-state index in [4.69, 9.17) is 0 Å². The summed E-state index contributed by atoms with van der Waals surface area (Å²) in [6.45, 7) is 3.21. The van der Waals surface area contributed by atoms with Crippen molar-refractivity contribution in [2.45, 2.75) is 64.0 Å². The molecule has 0 saturated carbocycles. The lowest BCUT2D eigenvalue weighted by Crippen LogP contribution is -2.43. The second kappa shape index (κ2) is 16.0. The van der Waals surface area contributed by atoms with Crippen molar-refractivity contribution in [3.8, 4) is 0 Å². The van der Waals surface area contributed by atoms with Crippen LogP contribution in [-0.2, 0) is 21.9 Å². The number of alkyl halides is 6. The van der Waals surface area contributed by atoms with E-state index in [1.165, 1.54) is 23.6 Å². The maximum absolute atomic E-state index is 13.2. The molecule has 0 unspecified atom stereocenters. The smallest absolute Gasteiger partial charge is 0.327 e. The number of aryl methyl sites for hydroxylation is 2. The highest BCUT2D eigenvalue weighted by Gasteiger charge is 2.39. The van der Waals surface area contributed by atoms with E-state index in [0.717, 1.165) is 35.4 Å². The topological polar surface area (TPSA) is 125 Å². The van der Waals surface area contributed by atoms with Crippen LogP contribution in [0.3, 0.4) is 0 Å². The molecule has 2 atom stereocenters. The first-order valence-corrected chi connectivity index (χ1v) is 17.7. The first-order valence-electron chi connectivity index (χ1n) is 17.7. The number of hydrogen-bond acceptors (Lipinski definition) is 6. The van der Waals surface area contributed by atoms with E-state index in [0.29, 0.717) is 37.1 Å². The number of anilines is 2. The maximum Gasteiger partial charge on any atom is 0.433 e. The molecule has 0 radical (unpaired) electrons. The summed E-state index contributed by atoms with van der Waals surface area (Å²) in [5.74, 6) is -1.94. The molecule has 292 valence electrons. The molecule has 2 aromatic carbocycles. The molecule has 2 aliphatic heterocycles. The number of hydrogen-bond donors (Lipinski definition) is 2. The van der Waals surface area contributed by atoms with E-state index in [-0.39, 0.29) is 35.6 Å². The van der Waals surface area contributed by atoms with Crippen LogP contribution in [0.2, 0.25) is 0 Å². The van der Waals surface area contributed by atoms with Crippen LogP contribution in [0.15, 0.2) is 72.8 Å². The minimum absolute atomic E-state index is 0.00661. The number of likely N-dealkylation sites (tertiary alicyclic amines) is 2. The molecule has 2 N–H and O–H groups in total. The second-order valence-corrected chi connectivity index (χ2v) is 13.5. The van der Waals surface area contributed by atoms with E-state index in [1.807, 2.05) is 12.2 Å². The molecule has 2 saturated heterocycles. The molecule has 2 aromatic heterocycles. The Morgan fingerprint density at radius 1 is 0.589 bits per heavy atom. The Kier molecular flexibility index (Phi) is 11.3. The number of nitrogens with one attached hydrogen (secondary N) is 2. The SMILES string of the molecule is Cc1nc(C(F)(F)F)ccc1C(=O)N1CCC[C@H]1C(=O)Nc1ccc(C=Cc2ccc(NC(=O)[C@@H]3CCCN3C(=O)c3ccc(C(F)(F)F)nc3C)cc2)cc1. The van der Waals surface area contributed by atoms with Gasteiger partial charge in [0, 0.05) is 24.5 Å². The van der Waals surface area contributed by atoms with Gasteiger partial charge in [-0.1, -0.05) is 36.4 Å². The molecule has 4 heterocycles. The van der Waals surface area contributed by atoms with E-state index in [2.05, 4.69) is 20.6 Å². The number of rotatable bonds is 8. The number of nitrogens with zero attached hydrogens (tertiary/aromatic N) is 4. The van der Waals surface area contributed by atoms with Gasteiger partial charge in [0.05, 0.1) is 22.5 Å². The van der Waals surface area contributed by atoms with Crippen LogP contribution in [0.4, 0.5) is 37.7 Å². The lowest BCUT2D eigenvalue weighted by atomic mass is 10.1. The van der Waals surface area contributed by atoms with Gasteiger partial charge >= 0.3 is 12.4 Å². The number of benzene rings is 2. The van der Waals surface area contributed by atoms with Gasteiger partial charge in [-0.3, -0.25) is 19.2 Å². The van der Waals surface area contributed by atoms with Gasteiger partial charge in [-0.25, -0.2) is 9.97 Å². The van der Waals surface area contributed by atoms with E-state index < -0.39 is 59.5 Å². The van der Waals surface area contributed by atoms with Gasteiger partial charge in [0.1, 0.15) is 23.5 Å². The van der Waals surface area contributed by atoms with Gasteiger partial charge in [-0.15, -0.1) is 0 Å². The van der Waals surface area contributed by atoms with Gasteiger partial charge in [0.15, 0.2) is 0 Å². The average Bonchev–Trinajstić information content (AvgIpc) is 3.85. The summed E-state index contributed by atoms with van der Waals surface area (Å²) in [7, 11) is 0. The molecule has 0 bridgehead atoms. The summed E-state index contributed by atoms with van der Waals surface area (Å²) in [6, 6.07) is 16.0. The van der Waals surface area contributed by atoms with Crippen molar-refractivity contribution in [1.29, 1.82) is 0 Å². The molecule has 56 heavy (non-hydrogen) atoms. The zero-order chi connectivity index (χ0) is 40.4. The standard InChI is InChI=1S/C40H36F6N6O4/c1-23-29(17-19-33(47-23)39(41,42)43)37(55)51-21-3-5-31(51)35(53)49-27-13-9-25(10-14-27)7-8-26-11-15-28(16-12-26)50-36(54)32-6-4-22-52(32)38(56)30-18-20-34(40(44,45)46)48-24(30)2/h7-20,31-32H,3-6,21-22H2,1-2H3,(H,49,53)(H,50,54)/t31-,32-/m0/s1. The molecule has 0 spiro atoms. The summed E-state index contributed by atoms with van der Waals surface area (Å²) in [6.07, 6.45) is -3.68. The van der Waals surface area contributed by atoms with Gasteiger partial charge in [0.2, 0.25) is 11.8 Å². The number of amides is 4. The highest BCUT2D eigenvalue weighted by atomic mass is 19.4.